The van der Waals surface area contributed by atoms with Crippen LogP contribution in [-0.4, -0.2) is 30.4 Å². The first-order chi connectivity index (χ1) is 12.5. The van der Waals surface area contributed by atoms with Crippen LogP contribution in [-0.2, 0) is 19.7 Å². The Morgan fingerprint density at radius 3 is 2.15 bits per heavy atom. The fourth-order valence-corrected chi connectivity index (χ4v) is 3.15. The summed E-state index contributed by atoms with van der Waals surface area (Å²) in [5.74, 6) is -1.37. The molecule has 0 bridgehead atoms. The van der Waals surface area contributed by atoms with Crippen molar-refractivity contribution in [1.29, 1.82) is 0 Å². The van der Waals surface area contributed by atoms with E-state index in [1.807, 2.05) is 0 Å². The minimum Gasteiger partial charge on any atom is -0.398 e. The number of ketones is 2. The normalized spacial score (nSPS) is 11.0. The number of amides is 1. The van der Waals surface area contributed by atoms with Gasteiger partial charge in [0.15, 0.2) is 5.78 Å². The zero-order valence-corrected chi connectivity index (χ0v) is 15.0. The fraction of sp³-hybridized carbons (Fsp3) is 0.118. The van der Waals surface area contributed by atoms with Crippen LogP contribution in [0.5, 0.6) is 0 Å². The molecule has 0 unspecified atom stereocenters. The van der Waals surface area contributed by atoms with Crippen molar-refractivity contribution in [3.8, 4) is 0 Å². The first-order valence-corrected chi connectivity index (χ1v) is 9.04. The molecule has 1 amide bonds. The fourth-order valence-electron chi connectivity index (χ4n) is 2.39. The first kappa shape index (κ1) is 20.1. The van der Waals surface area contributed by atoms with E-state index >= 15 is 0 Å². The van der Waals surface area contributed by atoms with Gasteiger partial charge < -0.3 is 16.8 Å². The van der Waals surface area contributed by atoms with Gasteiger partial charge in [-0.15, -0.1) is 0 Å². The highest BCUT2D eigenvalue weighted by Gasteiger charge is 2.23. The van der Waals surface area contributed by atoms with Crippen molar-refractivity contribution in [2.75, 3.05) is 16.8 Å². The number of hydrogen-bond acceptors (Lipinski definition) is 7. The third-order valence-corrected chi connectivity index (χ3v) is 4.54. The number of rotatable bonds is 6. The number of hydrogen-bond donors (Lipinski definition) is 4. The molecule has 0 heterocycles. The highest BCUT2D eigenvalue weighted by Crippen LogP contribution is 2.30. The molecule has 27 heavy (non-hydrogen) atoms. The molecule has 0 atom stereocenters. The van der Waals surface area contributed by atoms with Crippen LogP contribution in [0.4, 0.5) is 17.1 Å². The molecule has 142 valence electrons. The molecule has 2 aromatic carbocycles. The lowest BCUT2D eigenvalue weighted by Crippen LogP contribution is -2.15. The summed E-state index contributed by atoms with van der Waals surface area (Å²) in [5.41, 5.74) is 10.9. The minimum atomic E-state index is -4.71. The minimum absolute atomic E-state index is 0.148. The Morgan fingerprint density at radius 1 is 1.04 bits per heavy atom. The summed E-state index contributed by atoms with van der Waals surface area (Å²) in [6, 6.07) is 8.10. The van der Waals surface area contributed by atoms with Crippen LogP contribution in [0.1, 0.15) is 29.3 Å². The van der Waals surface area contributed by atoms with Gasteiger partial charge in [-0.25, -0.2) is 0 Å². The summed E-state index contributed by atoms with van der Waals surface area (Å²) in [4.78, 5) is 34.4. The number of Topliss-reactive ketones (excluding diaryl/α,β-unsaturated/α-hetero) is 1. The predicted molar refractivity (Wildman–Crippen MR) is 98.9 cm³/mol. The van der Waals surface area contributed by atoms with E-state index in [-0.39, 0.29) is 29.0 Å². The SMILES string of the molecule is CC(=O)CC(=O)Nc1ccc(C(=O)c2ccc(N)c(S(=O)(=O)O)c2N)cc1. The lowest BCUT2D eigenvalue weighted by atomic mass is 10.0. The molecule has 0 saturated carbocycles. The van der Waals surface area contributed by atoms with Gasteiger partial charge in [0.1, 0.15) is 10.7 Å². The zero-order chi connectivity index (χ0) is 20.4. The van der Waals surface area contributed by atoms with E-state index in [2.05, 4.69) is 5.32 Å². The maximum absolute atomic E-state index is 12.6. The van der Waals surface area contributed by atoms with E-state index in [0.717, 1.165) is 6.07 Å². The van der Waals surface area contributed by atoms with E-state index in [4.69, 9.17) is 11.5 Å². The summed E-state index contributed by atoms with van der Waals surface area (Å²) >= 11 is 0. The van der Waals surface area contributed by atoms with E-state index in [9.17, 15) is 27.4 Å². The largest absolute Gasteiger partial charge is 0.398 e. The van der Waals surface area contributed by atoms with Crippen LogP contribution in [0, 0.1) is 0 Å². The summed E-state index contributed by atoms with van der Waals surface area (Å²) in [6.45, 7) is 1.29. The maximum atomic E-state index is 12.6. The number of nitrogens with two attached hydrogens (primary N) is 2. The Bertz CT molecular complexity index is 1030. The van der Waals surface area contributed by atoms with Crippen molar-refractivity contribution in [1.82, 2.24) is 0 Å². The van der Waals surface area contributed by atoms with Gasteiger partial charge in [0.25, 0.3) is 10.1 Å². The van der Waals surface area contributed by atoms with Crippen molar-refractivity contribution in [2.24, 2.45) is 0 Å². The van der Waals surface area contributed by atoms with E-state index < -0.39 is 32.4 Å². The molecular formula is C17H17N3O6S. The highest BCUT2D eigenvalue weighted by atomic mass is 32.2. The molecule has 9 nitrogen and oxygen atoms in total. The van der Waals surface area contributed by atoms with E-state index in [1.54, 1.807) is 0 Å². The monoisotopic (exact) mass is 391 g/mol. The molecule has 2 rings (SSSR count). The Balaban J connectivity index is 2.31. The third-order valence-electron chi connectivity index (χ3n) is 3.57. The molecule has 6 N–H and O–H groups in total. The molecular weight excluding hydrogens is 374 g/mol. The molecule has 0 saturated heterocycles. The molecule has 0 aliphatic rings. The van der Waals surface area contributed by atoms with Gasteiger partial charge in [-0.3, -0.25) is 18.9 Å². The average molecular weight is 391 g/mol. The number of nitrogen functional groups attached to an aromatic ring is 2. The van der Waals surface area contributed by atoms with Crippen LogP contribution < -0.4 is 16.8 Å². The van der Waals surface area contributed by atoms with E-state index in [0.29, 0.717) is 5.69 Å². The summed E-state index contributed by atoms with van der Waals surface area (Å²) in [5, 5.41) is 2.50. The molecule has 0 spiro atoms. The molecule has 2 aromatic rings. The van der Waals surface area contributed by atoms with Crippen molar-refractivity contribution >= 4 is 44.7 Å². The molecule has 0 fully saturated rings. The van der Waals surface area contributed by atoms with Gasteiger partial charge in [-0.1, -0.05) is 0 Å². The molecule has 0 aromatic heterocycles. The van der Waals surface area contributed by atoms with Gasteiger partial charge in [0.05, 0.1) is 17.8 Å². The van der Waals surface area contributed by atoms with Crippen LogP contribution in [0.2, 0.25) is 0 Å². The Labute approximate surface area is 155 Å². The van der Waals surface area contributed by atoms with E-state index in [1.165, 1.54) is 37.3 Å². The number of anilines is 3. The Morgan fingerprint density at radius 2 is 1.63 bits per heavy atom. The standard InChI is InChI=1S/C17H17N3O6S/c1-9(21)8-14(22)20-11-4-2-10(3-5-11)16(23)12-6-7-13(18)17(15(12)19)27(24,25)26/h2-7H,8,18-19H2,1H3,(H,20,22)(H,24,25,26). The number of nitrogens with one attached hydrogen (secondary N) is 1. The van der Waals surface area contributed by atoms with Crippen LogP contribution >= 0.6 is 0 Å². The topological polar surface area (TPSA) is 170 Å². The summed E-state index contributed by atoms with van der Waals surface area (Å²) in [7, 11) is -4.71. The van der Waals surface area contributed by atoms with Crippen molar-refractivity contribution in [2.45, 2.75) is 18.2 Å². The van der Waals surface area contributed by atoms with Crippen LogP contribution in [0.3, 0.4) is 0 Å². The Kier molecular flexibility index (Phi) is 5.62. The lowest BCUT2D eigenvalue weighted by molar-refractivity contribution is -0.124. The summed E-state index contributed by atoms with van der Waals surface area (Å²) < 4.78 is 32.1. The quantitative estimate of drug-likeness (QED) is 0.247. The number of benzene rings is 2. The van der Waals surface area contributed by atoms with Crippen LogP contribution in [0.15, 0.2) is 41.3 Å². The number of carbonyl (C=O) groups is 3. The van der Waals surface area contributed by atoms with Crippen molar-refractivity contribution in [3.63, 3.8) is 0 Å². The highest BCUT2D eigenvalue weighted by molar-refractivity contribution is 7.86. The van der Waals surface area contributed by atoms with Gasteiger partial charge in [0.2, 0.25) is 5.91 Å². The number of carbonyl (C=O) groups excluding carboxylic acids is 3. The lowest BCUT2D eigenvalue weighted by Gasteiger charge is -2.11. The van der Waals surface area contributed by atoms with Crippen molar-refractivity contribution < 1.29 is 27.4 Å². The first-order valence-electron chi connectivity index (χ1n) is 7.60. The second-order valence-corrected chi connectivity index (χ2v) is 7.11. The smallest absolute Gasteiger partial charge is 0.298 e. The molecule has 0 aliphatic heterocycles. The zero-order valence-electron chi connectivity index (χ0n) is 14.2. The second kappa shape index (κ2) is 7.56. The maximum Gasteiger partial charge on any atom is 0.298 e. The second-order valence-electron chi connectivity index (χ2n) is 5.75. The predicted octanol–water partition coefficient (Wildman–Crippen LogP) is 1.25. The van der Waals surface area contributed by atoms with Crippen LogP contribution in [0.25, 0.3) is 0 Å². The van der Waals surface area contributed by atoms with Gasteiger partial charge in [-0.05, 0) is 43.3 Å². The molecule has 0 radical (unpaired) electrons. The Hall–Kier alpha value is -3.24. The van der Waals surface area contributed by atoms with Gasteiger partial charge in [-0.2, -0.15) is 8.42 Å². The average Bonchev–Trinajstić information content (AvgIpc) is 2.53. The van der Waals surface area contributed by atoms with Crippen molar-refractivity contribution in [3.05, 3.63) is 47.5 Å². The third kappa shape index (κ3) is 4.68. The van der Waals surface area contributed by atoms with Gasteiger partial charge in [0, 0.05) is 16.8 Å². The van der Waals surface area contributed by atoms with Gasteiger partial charge >= 0.3 is 0 Å². The molecule has 10 heteroatoms. The summed E-state index contributed by atoms with van der Waals surface area (Å²) in [6.07, 6.45) is -0.263. The molecule has 0 aliphatic carbocycles.